The smallest absolute Gasteiger partial charge is 0.0311 e. The molecular formula is C16H24BrNS. The summed E-state index contributed by atoms with van der Waals surface area (Å²) in [4.78, 5) is 1.39. The molecule has 2 atom stereocenters. The minimum absolute atomic E-state index is 0.680. The van der Waals surface area contributed by atoms with E-state index in [1.807, 2.05) is 0 Å². The van der Waals surface area contributed by atoms with E-state index in [0.717, 1.165) is 6.54 Å². The third-order valence-corrected chi connectivity index (χ3v) is 6.15. The normalized spacial score (nSPS) is 24.1. The van der Waals surface area contributed by atoms with E-state index in [0.29, 0.717) is 11.3 Å². The van der Waals surface area contributed by atoms with Crippen LogP contribution in [0.1, 0.15) is 45.4 Å². The Morgan fingerprint density at radius 1 is 1.21 bits per heavy atom. The largest absolute Gasteiger partial charge is 0.313 e. The lowest BCUT2D eigenvalue weighted by Gasteiger charge is -2.26. The Balaban J connectivity index is 2.03. The Morgan fingerprint density at radius 3 is 2.79 bits per heavy atom. The first-order chi connectivity index (χ1) is 9.31. The van der Waals surface area contributed by atoms with Crippen molar-refractivity contribution in [3.05, 3.63) is 28.7 Å². The Kier molecular flexibility index (Phi) is 6.75. The number of halogens is 1. The summed E-state index contributed by atoms with van der Waals surface area (Å²) in [6.45, 7) is 3.40. The van der Waals surface area contributed by atoms with Gasteiger partial charge in [-0.1, -0.05) is 38.3 Å². The van der Waals surface area contributed by atoms with Gasteiger partial charge in [0.2, 0.25) is 0 Å². The zero-order valence-corrected chi connectivity index (χ0v) is 14.1. The molecule has 1 fully saturated rings. The molecule has 0 aliphatic heterocycles. The monoisotopic (exact) mass is 341 g/mol. The number of hydrogen-bond acceptors (Lipinski definition) is 2. The van der Waals surface area contributed by atoms with E-state index in [-0.39, 0.29) is 0 Å². The molecule has 0 radical (unpaired) electrons. The van der Waals surface area contributed by atoms with E-state index < -0.39 is 0 Å². The van der Waals surface area contributed by atoms with Crippen molar-refractivity contribution in [2.24, 2.45) is 0 Å². The summed E-state index contributed by atoms with van der Waals surface area (Å²) in [5, 5.41) is 4.48. The summed E-state index contributed by atoms with van der Waals surface area (Å²) in [6.07, 6.45) is 8.07. The fourth-order valence-electron chi connectivity index (χ4n) is 2.68. The summed E-state index contributed by atoms with van der Waals surface area (Å²) >= 11 is 5.73. The van der Waals surface area contributed by atoms with Gasteiger partial charge in [-0.25, -0.2) is 0 Å². The van der Waals surface area contributed by atoms with Crippen LogP contribution in [0.2, 0.25) is 0 Å². The Bertz CT molecular complexity index is 383. The summed E-state index contributed by atoms with van der Waals surface area (Å²) in [5.41, 5.74) is 0. The van der Waals surface area contributed by atoms with Crippen molar-refractivity contribution in [1.82, 2.24) is 5.32 Å². The first-order valence-electron chi connectivity index (χ1n) is 7.46. The van der Waals surface area contributed by atoms with Gasteiger partial charge in [0.15, 0.2) is 0 Å². The molecule has 0 saturated heterocycles. The SMILES string of the molecule is CCCNC1CCCCCC1Sc1ccccc1Br. The van der Waals surface area contributed by atoms with Gasteiger partial charge in [-0.05, 0) is 53.9 Å². The maximum Gasteiger partial charge on any atom is 0.0311 e. The van der Waals surface area contributed by atoms with Gasteiger partial charge in [-0.3, -0.25) is 0 Å². The first kappa shape index (κ1) is 15.4. The summed E-state index contributed by atoms with van der Waals surface area (Å²) in [6, 6.07) is 9.29. The molecule has 2 unspecified atom stereocenters. The first-order valence-corrected chi connectivity index (χ1v) is 9.13. The van der Waals surface area contributed by atoms with Crippen molar-refractivity contribution in [2.45, 2.75) is 61.6 Å². The van der Waals surface area contributed by atoms with Crippen LogP contribution >= 0.6 is 27.7 Å². The minimum atomic E-state index is 0.680. The van der Waals surface area contributed by atoms with Gasteiger partial charge in [-0.15, -0.1) is 11.8 Å². The van der Waals surface area contributed by atoms with E-state index in [2.05, 4.69) is 64.2 Å². The van der Waals surface area contributed by atoms with Gasteiger partial charge in [-0.2, -0.15) is 0 Å². The predicted octanol–water partition coefficient (Wildman–Crippen LogP) is 5.24. The molecule has 0 bridgehead atoms. The standard InChI is InChI=1S/C16H24BrNS/c1-2-12-18-14-9-4-3-5-11-16(14)19-15-10-7-6-8-13(15)17/h6-8,10,14,16,18H,2-5,9,11-12H2,1H3. The van der Waals surface area contributed by atoms with Crippen LogP contribution in [0.4, 0.5) is 0 Å². The third kappa shape index (κ3) is 4.80. The highest BCUT2D eigenvalue weighted by atomic mass is 79.9. The van der Waals surface area contributed by atoms with E-state index in [1.54, 1.807) is 0 Å². The van der Waals surface area contributed by atoms with E-state index >= 15 is 0 Å². The zero-order chi connectivity index (χ0) is 13.5. The van der Waals surface area contributed by atoms with Crippen LogP contribution in [-0.2, 0) is 0 Å². The van der Waals surface area contributed by atoms with Gasteiger partial charge < -0.3 is 5.32 Å². The summed E-state index contributed by atoms with van der Waals surface area (Å²) < 4.78 is 1.23. The second-order valence-electron chi connectivity index (χ2n) is 5.29. The lowest BCUT2D eigenvalue weighted by molar-refractivity contribution is 0.470. The Morgan fingerprint density at radius 2 is 2.00 bits per heavy atom. The van der Waals surface area contributed by atoms with Crippen LogP contribution in [-0.4, -0.2) is 17.8 Å². The number of hydrogen-bond donors (Lipinski definition) is 1. The predicted molar refractivity (Wildman–Crippen MR) is 89.0 cm³/mol. The van der Waals surface area contributed by atoms with E-state index in [4.69, 9.17) is 0 Å². The van der Waals surface area contributed by atoms with Crippen LogP contribution in [0, 0.1) is 0 Å². The van der Waals surface area contributed by atoms with Gasteiger partial charge >= 0.3 is 0 Å². The zero-order valence-electron chi connectivity index (χ0n) is 11.7. The number of thioether (sulfide) groups is 1. The molecule has 1 N–H and O–H groups in total. The number of rotatable bonds is 5. The Labute approximate surface area is 130 Å². The summed E-state index contributed by atoms with van der Waals surface area (Å²) in [5.74, 6) is 0. The van der Waals surface area contributed by atoms with Crippen molar-refractivity contribution in [1.29, 1.82) is 0 Å². The topological polar surface area (TPSA) is 12.0 Å². The minimum Gasteiger partial charge on any atom is -0.313 e. The molecule has 3 heteroatoms. The van der Waals surface area contributed by atoms with Gasteiger partial charge in [0.1, 0.15) is 0 Å². The van der Waals surface area contributed by atoms with Crippen LogP contribution in [0.25, 0.3) is 0 Å². The quantitative estimate of drug-likeness (QED) is 0.734. The molecule has 0 spiro atoms. The van der Waals surface area contributed by atoms with Gasteiger partial charge in [0.05, 0.1) is 0 Å². The van der Waals surface area contributed by atoms with E-state index in [9.17, 15) is 0 Å². The van der Waals surface area contributed by atoms with Crippen molar-refractivity contribution in [2.75, 3.05) is 6.54 Å². The van der Waals surface area contributed by atoms with Crippen LogP contribution in [0.5, 0.6) is 0 Å². The molecule has 19 heavy (non-hydrogen) atoms. The highest BCUT2D eigenvalue weighted by Gasteiger charge is 2.24. The maximum atomic E-state index is 3.76. The second-order valence-corrected chi connectivity index (χ2v) is 7.42. The van der Waals surface area contributed by atoms with E-state index in [1.165, 1.54) is 47.9 Å². The summed E-state index contributed by atoms with van der Waals surface area (Å²) in [7, 11) is 0. The maximum absolute atomic E-state index is 3.76. The highest BCUT2D eigenvalue weighted by molar-refractivity contribution is 9.10. The average molecular weight is 342 g/mol. The van der Waals surface area contributed by atoms with Crippen LogP contribution < -0.4 is 5.32 Å². The molecule has 1 aromatic carbocycles. The van der Waals surface area contributed by atoms with Gasteiger partial charge in [0.25, 0.3) is 0 Å². The highest BCUT2D eigenvalue weighted by Crippen LogP contribution is 2.36. The molecular weight excluding hydrogens is 318 g/mol. The van der Waals surface area contributed by atoms with Crippen LogP contribution in [0.3, 0.4) is 0 Å². The molecule has 0 aromatic heterocycles. The second kappa shape index (κ2) is 8.33. The fourth-order valence-corrected chi connectivity index (χ4v) is 4.59. The van der Waals surface area contributed by atoms with Crippen LogP contribution in [0.15, 0.2) is 33.6 Å². The van der Waals surface area contributed by atoms with Crippen molar-refractivity contribution in [3.8, 4) is 0 Å². The molecule has 1 aliphatic carbocycles. The lowest BCUT2D eigenvalue weighted by Crippen LogP contribution is -2.37. The molecule has 1 saturated carbocycles. The molecule has 1 aliphatic rings. The molecule has 2 rings (SSSR count). The molecule has 0 amide bonds. The molecule has 1 nitrogen and oxygen atoms in total. The third-order valence-electron chi connectivity index (χ3n) is 3.72. The lowest BCUT2D eigenvalue weighted by atomic mass is 10.1. The van der Waals surface area contributed by atoms with Crippen molar-refractivity contribution in [3.63, 3.8) is 0 Å². The van der Waals surface area contributed by atoms with Crippen molar-refractivity contribution >= 4 is 27.7 Å². The number of nitrogens with one attached hydrogen (secondary N) is 1. The molecule has 1 aromatic rings. The van der Waals surface area contributed by atoms with Crippen molar-refractivity contribution < 1.29 is 0 Å². The average Bonchev–Trinajstić information content (AvgIpc) is 2.64. The fraction of sp³-hybridized carbons (Fsp3) is 0.625. The Hall–Kier alpha value is 0.01000. The molecule has 106 valence electrons. The van der Waals surface area contributed by atoms with Gasteiger partial charge in [0, 0.05) is 20.7 Å². The molecule has 0 heterocycles. The number of benzene rings is 1.